The molecule has 5 heteroatoms. The second-order valence-electron chi connectivity index (χ2n) is 2.92. The van der Waals surface area contributed by atoms with Crippen LogP contribution in [0.2, 0.25) is 0 Å². The second kappa shape index (κ2) is 2.57. The molecule has 1 aromatic rings. The van der Waals surface area contributed by atoms with E-state index in [1.165, 1.54) is 0 Å². The fraction of sp³-hybridized carbons (Fsp3) is 0.800. The van der Waals surface area contributed by atoms with Crippen LogP contribution in [0.5, 0.6) is 0 Å². The smallest absolute Gasteiger partial charge is 0.207 e. The summed E-state index contributed by atoms with van der Waals surface area (Å²) >= 11 is 1.62. The van der Waals surface area contributed by atoms with Gasteiger partial charge < -0.3 is 0 Å². The van der Waals surface area contributed by atoms with Crippen molar-refractivity contribution in [3.05, 3.63) is 0 Å². The zero-order valence-corrected chi connectivity index (χ0v) is 7.07. The summed E-state index contributed by atoms with van der Waals surface area (Å²) < 4.78 is 0.168. The van der Waals surface area contributed by atoms with Crippen LogP contribution in [-0.2, 0) is 0 Å². The molecule has 0 saturated heterocycles. The summed E-state index contributed by atoms with van der Waals surface area (Å²) in [5.74, 6) is 0. The lowest BCUT2D eigenvalue weighted by Crippen LogP contribution is -2.07. The normalized spacial score (nSPS) is 11.9. The predicted molar refractivity (Wildman–Crippen MR) is 39.8 cm³/mol. The minimum Gasteiger partial charge on any atom is -0.234 e. The van der Waals surface area contributed by atoms with Crippen LogP contribution in [0.4, 0.5) is 0 Å². The van der Waals surface area contributed by atoms with E-state index in [4.69, 9.17) is 0 Å². The minimum absolute atomic E-state index is 0.168. The van der Waals surface area contributed by atoms with E-state index in [0.29, 0.717) is 0 Å². The van der Waals surface area contributed by atoms with Crippen LogP contribution in [0, 0.1) is 0 Å². The van der Waals surface area contributed by atoms with Crippen LogP contribution in [-0.4, -0.2) is 25.4 Å². The first-order chi connectivity index (χ1) is 4.58. The molecule has 0 radical (unpaired) electrons. The molecule has 0 aliphatic rings. The third-order valence-corrected chi connectivity index (χ3v) is 1.71. The predicted octanol–water partition coefficient (Wildman–Crippen LogP) is 1.09. The number of tetrazole rings is 1. The van der Waals surface area contributed by atoms with E-state index >= 15 is 0 Å². The van der Waals surface area contributed by atoms with Gasteiger partial charge in [0.1, 0.15) is 0 Å². The highest BCUT2D eigenvalue weighted by Gasteiger charge is 2.13. The highest BCUT2D eigenvalue weighted by molar-refractivity contribution is 8.00. The number of hydrogen-bond donors (Lipinski definition) is 1. The van der Waals surface area contributed by atoms with Crippen LogP contribution in [0.25, 0.3) is 0 Å². The van der Waals surface area contributed by atoms with Gasteiger partial charge in [-0.2, -0.15) is 0 Å². The average molecular weight is 158 g/mol. The van der Waals surface area contributed by atoms with E-state index in [2.05, 4.69) is 41.4 Å². The number of H-pyrrole nitrogens is 1. The number of nitrogens with one attached hydrogen (secondary N) is 1. The van der Waals surface area contributed by atoms with E-state index in [1.54, 1.807) is 11.8 Å². The maximum absolute atomic E-state index is 3.75. The lowest BCUT2D eigenvalue weighted by molar-refractivity contribution is 0.792. The molecular formula is C5H10N4S. The molecule has 0 saturated carbocycles. The third kappa shape index (κ3) is 2.34. The minimum atomic E-state index is 0.168. The molecular weight excluding hydrogens is 148 g/mol. The average Bonchev–Trinajstić information content (AvgIpc) is 2.12. The Morgan fingerprint density at radius 2 is 2.10 bits per heavy atom. The first-order valence-electron chi connectivity index (χ1n) is 3.01. The van der Waals surface area contributed by atoms with Gasteiger partial charge in [0, 0.05) is 4.75 Å². The molecule has 56 valence electrons. The molecule has 1 heterocycles. The molecule has 0 amide bonds. The molecule has 0 aliphatic carbocycles. The number of hydrogen-bond acceptors (Lipinski definition) is 4. The lowest BCUT2D eigenvalue weighted by atomic mass is 10.3. The summed E-state index contributed by atoms with van der Waals surface area (Å²) in [6.45, 7) is 6.33. The summed E-state index contributed by atoms with van der Waals surface area (Å²) in [4.78, 5) is 0. The summed E-state index contributed by atoms with van der Waals surface area (Å²) in [6, 6.07) is 0. The molecule has 1 rings (SSSR count). The fourth-order valence-electron chi connectivity index (χ4n) is 0.484. The number of aromatic nitrogens is 4. The van der Waals surface area contributed by atoms with Crippen LogP contribution in [0.15, 0.2) is 5.16 Å². The summed E-state index contributed by atoms with van der Waals surface area (Å²) in [6.07, 6.45) is 0. The monoisotopic (exact) mass is 158 g/mol. The van der Waals surface area contributed by atoms with E-state index in [-0.39, 0.29) is 4.75 Å². The van der Waals surface area contributed by atoms with Gasteiger partial charge in [0.2, 0.25) is 5.16 Å². The molecule has 10 heavy (non-hydrogen) atoms. The van der Waals surface area contributed by atoms with Crippen LogP contribution >= 0.6 is 11.8 Å². The molecule has 1 aromatic heterocycles. The van der Waals surface area contributed by atoms with Gasteiger partial charge in [-0.25, -0.2) is 5.10 Å². The Morgan fingerprint density at radius 1 is 1.40 bits per heavy atom. The lowest BCUT2D eigenvalue weighted by Gasteiger charge is -2.13. The number of nitrogens with zero attached hydrogens (tertiary/aromatic N) is 3. The van der Waals surface area contributed by atoms with Crippen molar-refractivity contribution in [2.45, 2.75) is 30.7 Å². The van der Waals surface area contributed by atoms with Crippen molar-refractivity contribution in [3.63, 3.8) is 0 Å². The van der Waals surface area contributed by atoms with Crippen molar-refractivity contribution in [1.82, 2.24) is 20.6 Å². The number of thioether (sulfide) groups is 1. The van der Waals surface area contributed by atoms with E-state index in [0.717, 1.165) is 5.16 Å². The fourth-order valence-corrected chi connectivity index (χ4v) is 1.23. The molecule has 0 fully saturated rings. The molecule has 0 unspecified atom stereocenters. The SMILES string of the molecule is CC(C)(C)Sc1nnn[nH]1. The van der Waals surface area contributed by atoms with Crippen LogP contribution < -0.4 is 0 Å². The van der Waals surface area contributed by atoms with Gasteiger partial charge in [0.25, 0.3) is 0 Å². The Balaban J connectivity index is 2.57. The Kier molecular flexibility index (Phi) is 1.94. The topological polar surface area (TPSA) is 54.5 Å². The molecule has 1 N–H and O–H groups in total. The van der Waals surface area contributed by atoms with Crippen LogP contribution in [0.1, 0.15) is 20.8 Å². The Bertz CT molecular complexity index is 188. The van der Waals surface area contributed by atoms with Crippen molar-refractivity contribution in [3.8, 4) is 0 Å². The van der Waals surface area contributed by atoms with Gasteiger partial charge in [-0.3, -0.25) is 0 Å². The Hall–Kier alpha value is -0.580. The molecule has 4 nitrogen and oxygen atoms in total. The van der Waals surface area contributed by atoms with Gasteiger partial charge in [0.15, 0.2) is 0 Å². The molecule has 0 aliphatic heterocycles. The van der Waals surface area contributed by atoms with E-state index in [9.17, 15) is 0 Å². The van der Waals surface area contributed by atoms with Gasteiger partial charge in [0.05, 0.1) is 0 Å². The highest BCUT2D eigenvalue weighted by atomic mass is 32.2. The molecule has 0 spiro atoms. The van der Waals surface area contributed by atoms with E-state index < -0.39 is 0 Å². The molecule has 0 atom stereocenters. The Labute approximate surface area is 63.8 Å². The van der Waals surface area contributed by atoms with Gasteiger partial charge in [-0.15, -0.1) is 5.10 Å². The van der Waals surface area contributed by atoms with Gasteiger partial charge in [-0.05, 0) is 10.4 Å². The second-order valence-corrected chi connectivity index (χ2v) is 4.74. The molecule has 0 bridgehead atoms. The van der Waals surface area contributed by atoms with Crippen molar-refractivity contribution in [1.29, 1.82) is 0 Å². The first kappa shape index (κ1) is 7.53. The number of aromatic amines is 1. The maximum Gasteiger partial charge on any atom is 0.207 e. The summed E-state index contributed by atoms with van der Waals surface area (Å²) in [5.41, 5.74) is 0. The van der Waals surface area contributed by atoms with Gasteiger partial charge in [-0.1, -0.05) is 32.5 Å². The van der Waals surface area contributed by atoms with Crippen molar-refractivity contribution >= 4 is 11.8 Å². The van der Waals surface area contributed by atoms with Crippen LogP contribution in [0.3, 0.4) is 0 Å². The van der Waals surface area contributed by atoms with Crippen molar-refractivity contribution in [2.75, 3.05) is 0 Å². The summed E-state index contributed by atoms with van der Waals surface area (Å²) in [7, 11) is 0. The van der Waals surface area contributed by atoms with Gasteiger partial charge >= 0.3 is 0 Å². The standard InChI is InChI=1S/C5H10N4S/c1-5(2,3)10-4-6-8-9-7-4/h1-3H3,(H,6,7,8,9). The first-order valence-corrected chi connectivity index (χ1v) is 3.82. The zero-order valence-electron chi connectivity index (χ0n) is 6.25. The zero-order chi connectivity index (χ0) is 7.61. The van der Waals surface area contributed by atoms with Crippen molar-refractivity contribution in [2.24, 2.45) is 0 Å². The van der Waals surface area contributed by atoms with E-state index in [1.807, 2.05) is 0 Å². The maximum atomic E-state index is 3.75. The summed E-state index contributed by atoms with van der Waals surface area (Å²) in [5, 5.41) is 14.1. The largest absolute Gasteiger partial charge is 0.234 e. The highest BCUT2D eigenvalue weighted by Crippen LogP contribution is 2.27. The third-order valence-electron chi connectivity index (χ3n) is 0.729. The number of rotatable bonds is 1. The molecule has 0 aromatic carbocycles. The van der Waals surface area contributed by atoms with Crippen molar-refractivity contribution < 1.29 is 0 Å². The quantitative estimate of drug-likeness (QED) is 0.621. The Morgan fingerprint density at radius 3 is 2.50 bits per heavy atom.